The Bertz CT molecular complexity index is 1230. The number of fused-ring (bicyclic) bond motifs is 2. The van der Waals surface area contributed by atoms with Gasteiger partial charge in [0, 0.05) is 38.1 Å². The summed E-state index contributed by atoms with van der Waals surface area (Å²) in [5, 5.41) is 13.6. The van der Waals surface area contributed by atoms with Crippen molar-refractivity contribution in [2.75, 3.05) is 5.32 Å². The van der Waals surface area contributed by atoms with Crippen LogP contribution in [0.25, 0.3) is 21.3 Å². The van der Waals surface area contributed by atoms with Gasteiger partial charge >= 0.3 is 0 Å². The average molecular weight is 393 g/mol. The normalized spacial score (nSPS) is 11.3. The number of halogens is 1. The van der Waals surface area contributed by atoms with Gasteiger partial charge < -0.3 is 5.32 Å². The molecule has 5 aromatic rings. The third-order valence-corrected chi connectivity index (χ3v) is 5.47. The van der Waals surface area contributed by atoms with Crippen molar-refractivity contribution in [3.8, 4) is 0 Å². The minimum Gasteiger partial charge on any atom is -0.340 e. The van der Waals surface area contributed by atoms with E-state index >= 15 is 0 Å². The minimum absolute atomic E-state index is 0.615. The van der Waals surface area contributed by atoms with Gasteiger partial charge in [-0.3, -0.25) is 4.98 Å². The fourth-order valence-corrected chi connectivity index (χ4v) is 4.11. The molecule has 4 aromatic heterocycles. The average Bonchev–Trinajstić information content (AvgIpc) is 3.25. The van der Waals surface area contributed by atoms with Crippen LogP contribution in [0.3, 0.4) is 0 Å². The van der Waals surface area contributed by atoms with Crippen LogP contribution in [0.5, 0.6) is 0 Å². The van der Waals surface area contributed by atoms with Crippen molar-refractivity contribution in [2.24, 2.45) is 0 Å². The Kier molecular flexibility index (Phi) is 3.95. The zero-order chi connectivity index (χ0) is 18.2. The maximum absolute atomic E-state index is 6.05. The number of nitrogens with one attached hydrogen (secondary N) is 1. The van der Waals surface area contributed by atoms with E-state index in [4.69, 9.17) is 11.6 Å². The summed E-state index contributed by atoms with van der Waals surface area (Å²) in [6.07, 6.45) is 3.68. The lowest BCUT2D eigenvalue weighted by atomic mass is 10.3. The molecule has 5 rings (SSSR count). The molecule has 0 aliphatic carbocycles. The first-order valence-electron chi connectivity index (χ1n) is 8.30. The van der Waals surface area contributed by atoms with Crippen LogP contribution >= 0.6 is 22.9 Å². The fourth-order valence-electron chi connectivity index (χ4n) is 2.91. The van der Waals surface area contributed by atoms with Gasteiger partial charge in [0.2, 0.25) is 0 Å². The van der Waals surface area contributed by atoms with Gasteiger partial charge in [-0.05, 0) is 42.5 Å². The Morgan fingerprint density at radius 1 is 1.11 bits per heavy atom. The monoisotopic (exact) mass is 392 g/mol. The quantitative estimate of drug-likeness (QED) is 0.472. The van der Waals surface area contributed by atoms with E-state index in [9.17, 15) is 0 Å². The lowest BCUT2D eigenvalue weighted by Crippen LogP contribution is -2.02. The number of hydrogen-bond donors (Lipinski definition) is 1. The van der Waals surface area contributed by atoms with E-state index < -0.39 is 0 Å². The molecule has 0 amide bonds. The Hall–Kier alpha value is -3.03. The number of hydrogen-bond acceptors (Lipinski definition) is 6. The lowest BCUT2D eigenvalue weighted by molar-refractivity contribution is 0.671. The second kappa shape index (κ2) is 6.61. The van der Waals surface area contributed by atoms with E-state index in [1.165, 1.54) is 9.58 Å². The van der Waals surface area contributed by atoms with Crippen LogP contribution in [0, 0.1) is 0 Å². The summed E-state index contributed by atoms with van der Waals surface area (Å²) in [5.74, 6) is 0.717. The van der Waals surface area contributed by atoms with Crippen LogP contribution in [-0.4, -0.2) is 25.0 Å². The third kappa shape index (κ3) is 3.22. The maximum atomic E-state index is 6.05. The van der Waals surface area contributed by atoms with Crippen molar-refractivity contribution >= 4 is 55.7 Å². The van der Waals surface area contributed by atoms with Crippen LogP contribution in [0.4, 0.5) is 11.5 Å². The molecule has 8 heteroatoms. The topological polar surface area (TPSA) is 68.5 Å². The van der Waals surface area contributed by atoms with Crippen LogP contribution in [0.15, 0.2) is 60.9 Å². The summed E-state index contributed by atoms with van der Waals surface area (Å²) in [4.78, 5) is 10.0. The van der Waals surface area contributed by atoms with E-state index in [0.29, 0.717) is 17.4 Å². The molecule has 27 heavy (non-hydrogen) atoms. The van der Waals surface area contributed by atoms with Crippen molar-refractivity contribution in [3.05, 3.63) is 70.8 Å². The highest BCUT2D eigenvalue weighted by Crippen LogP contribution is 2.26. The number of nitrogens with zero attached hydrogens (tertiary/aromatic N) is 5. The van der Waals surface area contributed by atoms with Crippen molar-refractivity contribution in [1.82, 2.24) is 25.0 Å². The van der Waals surface area contributed by atoms with E-state index in [-0.39, 0.29) is 0 Å². The van der Waals surface area contributed by atoms with Crippen molar-refractivity contribution in [3.63, 3.8) is 0 Å². The molecule has 0 bridgehead atoms. The lowest BCUT2D eigenvalue weighted by Gasteiger charge is -2.06. The van der Waals surface area contributed by atoms with Gasteiger partial charge in [-0.25, -0.2) is 9.67 Å². The zero-order valence-electron chi connectivity index (χ0n) is 14.0. The van der Waals surface area contributed by atoms with E-state index in [1.54, 1.807) is 11.3 Å². The molecule has 132 valence electrons. The largest absolute Gasteiger partial charge is 0.340 e. The van der Waals surface area contributed by atoms with Gasteiger partial charge in [0.15, 0.2) is 5.65 Å². The molecule has 4 heterocycles. The van der Waals surface area contributed by atoms with Crippen LogP contribution in [0.1, 0.15) is 4.88 Å². The number of thiophene rings is 1. The molecular weight excluding hydrogens is 380 g/mol. The Morgan fingerprint density at radius 3 is 2.96 bits per heavy atom. The first kappa shape index (κ1) is 16.2. The second-order valence-corrected chi connectivity index (χ2v) is 7.65. The molecule has 0 saturated carbocycles. The van der Waals surface area contributed by atoms with Gasteiger partial charge in [0.05, 0.1) is 6.54 Å². The van der Waals surface area contributed by atoms with Crippen molar-refractivity contribution in [2.45, 2.75) is 6.54 Å². The molecule has 1 N–H and O–H groups in total. The molecule has 0 atom stereocenters. The van der Waals surface area contributed by atoms with Gasteiger partial charge in [-0.2, -0.15) is 0 Å². The number of anilines is 2. The highest BCUT2D eigenvalue weighted by Gasteiger charge is 2.10. The Morgan fingerprint density at radius 2 is 2.07 bits per heavy atom. The standard InChI is InChI=1S/C19H13ClN6S/c20-13-2-1-3-14(9-13)22-18-5-4-16-19(23-18)26(25-24-16)11-15-8-12-10-21-7-6-17(12)27-15/h1-10H,11H2,(H,22,23). The van der Waals surface area contributed by atoms with Crippen LogP contribution < -0.4 is 5.32 Å². The first-order chi connectivity index (χ1) is 13.2. The summed E-state index contributed by atoms with van der Waals surface area (Å²) in [6, 6.07) is 15.5. The Balaban J connectivity index is 1.47. The number of benzene rings is 1. The van der Waals surface area contributed by atoms with Crippen molar-refractivity contribution < 1.29 is 0 Å². The number of pyridine rings is 2. The zero-order valence-corrected chi connectivity index (χ0v) is 15.6. The van der Waals surface area contributed by atoms with Crippen molar-refractivity contribution in [1.29, 1.82) is 0 Å². The third-order valence-electron chi connectivity index (χ3n) is 4.13. The molecule has 0 radical (unpaired) electrons. The smallest absolute Gasteiger partial charge is 0.180 e. The minimum atomic E-state index is 0.615. The molecule has 0 saturated heterocycles. The molecular formula is C19H13ClN6S. The predicted octanol–water partition coefficient (Wildman–Crippen LogP) is 4.88. The molecule has 0 unspecified atom stereocenters. The summed E-state index contributed by atoms with van der Waals surface area (Å²) in [6.45, 7) is 0.615. The van der Waals surface area contributed by atoms with Gasteiger partial charge in [0.1, 0.15) is 11.3 Å². The number of aromatic nitrogens is 5. The SMILES string of the molecule is Clc1cccc(Nc2ccc3nnn(Cc4cc5cnccc5s4)c3n2)c1. The van der Waals surface area contributed by atoms with Crippen LogP contribution in [0.2, 0.25) is 5.02 Å². The number of rotatable bonds is 4. The molecule has 0 fully saturated rings. The molecule has 0 aliphatic heterocycles. The van der Waals surface area contributed by atoms with Gasteiger partial charge in [-0.1, -0.05) is 22.9 Å². The highest BCUT2D eigenvalue weighted by molar-refractivity contribution is 7.19. The first-order valence-corrected chi connectivity index (χ1v) is 9.49. The van der Waals surface area contributed by atoms with E-state index in [1.807, 2.05) is 59.5 Å². The van der Waals surface area contributed by atoms with Gasteiger partial charge in [-0.15, -0.1) is 16.4 Å². The van der Waals surface area contributed by atoms with E-state index in [2.05, 4.69) is 31.7 Å². The molecule has 0 spiro atoms. The highest BCUT2D eigenvalue weighted by atomic mass is 35.5. The summed E-state index contributed by atoms with van der Waals surface area (Å²) in [7, 11) is 0. The summed E-state index contributed by atoms with van der Waals surface area (Å²) >= 11 is 7.78. The summed E-state index contributed by atoms with van der Waals surface area (Å²) in [5.41, 5.74) is 2.37. The van der Waals surface area contributed by atoms with Gasteiger partial charge in [0.25, 0.3) is 0 Å². The second-order valence-electron chi connectivity index (χ2n) is 6.05. The van der Waals surface area contributed by atoms with Crippen LogP contribution in [-0.2, 0) is 6.54 Å². The Labute approximate surface area is 163 Å². The fraction of sp³-hybridized carbons (Fsp3) is 0.0526. The predicted molar refractivity (Wildman–Crippen MR) is 109 cm³/mol. The maximum Gasteiger partial charge on any atom is 0.180 e. The molecule has 6 nitrogen and oxygen atoms in total. The summed E-state index contributed by atoms with van der Waals surface area (Å²) < 4.78 is 3.03. The van der Waals surface area contributed by atoms with E-state index in [0.717, 1.165) is 22.2 Å². The molecule has 1 aromatic carbocycles. The molecule has 0 aliphatic rings.